The summed E-state index contributed by atoms with van der Waals surface area (Å²) in [4.78, 5) is 25.3. The molecule has 0 amide bonds. The van der Waals surface area contributed by atoms with E-state index in [0.717, 1.165) is 19.6 Å². The molecule has 21 heavy (non-hydrogen) atoms. The first kappa shape index (κ1) is 15.7. The zero-order chi connectivity index (χ0) is 15.4. The molecule has 2 rings (SSSR count). The minimum Gasteiger partial charge on any atom is -0.479 e. The summed E-state index contributed by atoms with van der Waals surface area (Å²) in [6, 6.07) is 6.16. The van der Waals surface area contributed by atoms with Crippen molar-refractivity contribution in [1.29, 1.82) is 0 Å². The number of nitrogens with zero attached hydrogens (tertiary/aromatic N) is 1. The number of carbonyl (C=O) groups is 2. The number of hydrogen-bond acceptors (Lipinski definition) is 4. The Bertz CT molecular complexity index is 506. The van der Waals surface area contributed by atoms with Gasteiger partial charge in [0.2, 0.25) is 0 Å². The standard InChI is InChI=1S/C16H21NO4/c1-11(10-17-8-2-3-9-17)14(18)12-4-6-13(7-5-12)15(19)16(20)21/h4-7,11,15,19H,2-3,8-10H2,1H3,(H,20,21). The van der Waals surface area contributed by atoms with Crippen LogP contribution in [-0.2, 0) is 4.79 Å². The van der Waals surface area contributed by atoms with Crippen LogP contribution in [0.4, 0.5) is 0 Å². The van der Waals surface area contributed by atoms with Crippen molar-refractivity contribution in [3.8, 4) is 0 Å². The number of rotatable bonds is 6. The Morgan fingerprint density at radius 3 is 2.29 bits per heavy atom. The number of benzene rings is 1. The van der Waals surface area contributed by atoms with Crippen molar-refractivity contribution in [2.75, 3.05) is 19.6 Å². The molecule has 5 heteroatoms. The van der Waals surface area contributed by atoms with E-state index in [0.29, 0.717) is 5.56 Å². The second kappa shape index (κ2) is 6.83. The average Bonchev–Trinajstić information content (AvgIpc) is 2.98. The zero-order valence-electron chi connectivity index (χ0n) is 12.2. The van der Waals surface area contributed by atoms with Crippen LogP contribution in [0.5, 0.6) is 0 Å². The number of aliphatic hydroxyl groups excluding tert-OH is 1. The first-order chi connectivity index (χ1) is 9.99. The third kappa shape index (κ3) is 3.89. The molecule has 0 spiro atoms. The second-order valence-electron chi connectivity index (χ2n) is 5.64. The van der Waals surface area contributed by atoms with Gasteiger partial charge in [-0.1, -0.05) is 31.2 Å². The number of carboxylic acid groups (broad SMARTS) is 1. The van der Waals surface area contributed by atoms with Gasteiger partial charge in [-0.2, -0.15) is 0 Å². The van der Waals surface area contributed by atoms with E-state index in [1.54, 1.807) is 12.1 Å². The maximum Gasteiger partial charge on any atom is 0.337 e. The number of Topliss-reactive ketones (excluding diaryl/α,β-unsaturated/α-hetero) is 1. The summed E-state index contributed by atoms with van der Waals surface area (Å²) in [7, 11) is 0. The topological polar surface area (TPSA) is 77.8 Å². The highest BCUT2D eigenvalue weighted by Gasteiger charge is 2.21. The Balaban J connectivity index is 2.00. The number of hydrogen-bond donors (Lipinski definition) is 2. The van der Waals surface area contributed by atoms with Gasteiger partial charge in [0.25, 0.3) is 0 Å². The Labute approximate surface area is 124 Å². The summed E-state index contributed by atoms with van der Waals surface area (Å²) in [5, 5.41) is 18.2. The molecule has 5 nitrogen and oxygen atoms in total. The van der Waals surface area contributed by atoms with E-state index in [9.17, 15) is 14.7 Å². The van der Waals surface area contributed by atoms with Crippen molar-refractivity contribution in [2.24, 2.45) is 5.92 Å². The fourth-order valence-electron chi connectivity index (χ4n) is 2.69. The van der Waals surface area contributed by atoms with Crippen LogP contribution in [0.3, 0.4) is 0 Å². The molecule has 1 aliphatic heterocycles. The lowest BCUT2D eigenvalue weighted by Gasteiger charge is -2.19. The summed E-state index contributed by atoms with van der Waals surface area (Å²) in [5.41, 5.74) is 0.842. The number of carbonyl (C=O) groups excluding carboxylic acids is 1. The first-order valence-electron chi connectivity index (χ1n) is 7.26. The van der Waals surface area contributed by atoms with Crippen molar-refractivity contribution < 1.29 is 19.8 Å². The molecule has 2 unspecified atom stereocenters. The molecule has 114 valence electrons. The van der Waals surface area contributed by atoms with Crippen LogP contribution in [0, 0.1) is 5.92 Å². The van der Waals surface area contributed by atoms with Gasteiger partial charge >= 0.3 is 5.97 Å². The van der Waals surface area contributed by atoms with Gasteiger partial charge in [0.1, 0.15) is 0 Å². The molecule has 2 atom stereocenters. The van der Waals surface area contributed by atoms with Gasteiger partial charge in [-0.25, -0.2) is 4.79 Å². The molecular weight excluding hydrogens is 270 g/mol. The molecule has 0 saturated carbocycles. The Hall–Kier alpha value is -1.72. The molecule has 1 heterocycles. The summed E-state index contributed by atoms with van der Waals surface area (Å²) in [5.74, 6) is -1.33. The summed E-state index contributed by atoms with van der Waals surface area (Å²) in [6.45, 7) is 4.79. The van der Waals surface area contributed by atoms with Crippen LogP contribution in [0.2, 0.25) is 0 Å². The smallest absolute Gasteiger partial charge is 0.337 e. The lowest BCUT2D eigenvalue weighted by molar-refractivity contribution is -0.146. The minimum atomic E-state index is -1.55. The first-order valence-corrected chi connectivity index (χ1v) is 7.26. The van der Waals surface area contributed by atoms with Crippen LogP contribution in [0.15, 0.2) is 24.3 Å². The predicted octanol–water partition coefficient (Wildman–Crippen LogP) is 1.72. The van der Waals surface area contributed by atoms with E-state index in [1.807, 2.05) is 6.92 Å². The zero-order valence-corrected chi connectivity index (χ0v) is 12.2. The monoisotopic (exact) mass is 291 g/mol. The fraction of sp³-hybridized carbons (Fsp3) is 0.500. The molecule has 1 aliphatic rings. The third-order valence-corrected chi connectivity index (χ3v) is 3.92. The quantitative estimate of drug-likeness (QED) is 0.780. The van der Waals surface area contributed by atoms with Gasteiger partial charge in [0, 0.05) is 18.0 Å². The van der Waals surface area contributed by atoms with Crippen molar-refractivity contribution in [3.63, 3.8) is 0 Å². The molecule has 1 aromatic rings. The Morgan fingerprint density at radius 2 is 1.76 bits per heavy atom. The number of aliphatic carboxylic acids is 1. The van der Waals surface area contributed by atoms with Crippen LogP contribution < -0.4 is 0 Å². The number of aliphatic hydroxyl groups is 1. The SMILES string of the molecule is CC(CN1CCCC1)C(=O)c1ccc(C(O)C(=O)O)cc1. The maximum absolute atomic E-state index is 12.3. The van der Waals surface area contributed by atoms with Crippen LogP contribution in [0.25, 0.3) is 0 Å². The largest absolute Gasteiger partial charge is 0.479 e. The molecule has 1 aromatic carbocycles. The van der Waals surface area contributed by atoms with Crippen LogP contribution >= 0.6 is 0 Å². The lowest BCUT2D eigenvalue weighted by Crippen LogP contribution is -2.29. The van der Waals surface area contributed by atoms with Gasteiger partial charge in [0.15, 0.2) is 11.9 Å². The number of likely N-dealkylation sites (tertiary alicyclic amines) is 1. The van der Waals surface area contributed by atoms with Crippen molar-refractivity contribution >= 4 is 11.8 Å². The molecule has 0 radical (unpaired) electrons. The Morgan fingerprint density at radius 1 is 1.19 bits per heavy atom. The second-order valence-corrected chi connectivity index (χ2v) is 5.64. The molecular formula is C16H21NO4. The molecule has 1 saturated heterocycles. The van der Waals surface area contributed by atoms with Crippen LogP contribution in [-0.4, -0.2) is 46.5 Å². The van der Waals surface area contributed by atoms with Gasteiger partial charge in [0.05, 0.1) is 0 Å². The normalized spacial score (nSPS) is 18.4. The van der Waals surface area contributed by atoms with Gasteiger partial charge in [-0.3, -0.25) is 4.79 Å². The lowest BCUT2D eigenvalue weighted by atomic mass is 9.97. The van der Waals surface area contributed by atoms with E-state index in [1.165, 1.54) is 25.0 Å². The predicted molar refractivity (Wildman–Crippen MR) is 78.2 cm³/mol. The number of carboxylic acids is 1. The van der Waals surface area contributed by atoms with E-state index >= 15 is 0 Å². The van der Waals surface area contributed by atoms with Gasteiger partial charge in [-0.15, -0.1) is 0 Å². The minimum absolute atomic E-state index is 0.0539. The maximum atomic E-state index is 12.3. The summed E-state index contributed by atoms with van der Waals surface area (Å²) < 4.78 is 0. The van der Waals surface area contributed by atoms with Crippen molar-refractivity contribution in [2.45, 2.75) is 25.9 Å². The average molecular weight is 291 g/mol. The summed E-state index contributed by atoms with van der Waals surface area (Å²) in [6.07, 6.45) is 0.849. The Kier molecular flexibility index (Phi) is 5.09. The van der Waals surface area contributed by atoms with Gasteiger partial charge in [-0.05, 0) is 31.5 Å². The highest BCUT2D eigenvalue weighted by Crippen LogP contribution is 2.18. The van der Waals surface area contributed by atoms with E-state index in [4.69, 9.17) is 5.11 Å². The highest BCUT2D eigenvalue weighted by molar-refractivity contribution is 5.97. The summed E-state index contributed by atoms with van der Waals surface area (Å²) >= 11 is 0. The van der Waals surface area contributed by atoms with E-state index in [-0.39, 0.29) is 17.3 Å². The molecule has 0 bridgehead atoms. The molecule has 1 fully saturated rings. The van der Waals surface area contributed by atoms with E-state index in [2.05, 4.69) is 4.90 Å². The molecule has 0 aliphatic carbocycles. The van der Waals surface area contributed by atoms with Crippen LogP contribution in [0.1, 0.15) is 41.8 Å². The van der Waals surface area contributed by atoms with E-state index < -0.39 is 12.1 Å². The fourth-order valence-corrected chi connectivity index (χ4v) is 2.69. The third-order valence-electron chi connectivity index (χ3n) is 3.92. The molecule has 0 aromatic heterocycles. The molecule has 2 N–H and O–H groups in total. The van der Waals surface area contributed by atoms with Crippen molar-refractivity contribution in [3.05, 3.63) is 35.4 Å². The van der Waals surface area contributed by atoms with Gasteiger partial charge < -0.3 is 15.1 Å². The number of ketones is 1. The van der Waals surface area contributed by atoms with Crippen molar-refractivity contribution in [1.82, 2.24) is 4.90 Å². The highest BCUT2D eigenvalue weighted by atomic mass is 16.4.